The molecule has 0 amide bonds. The standard InChI is InChI=1S/C16H27N3O/c1-3-15(17)14-6-4-5-7-16(14)20-13-12-19-10-8-18(2)9-11-19/h4-7,15H,3,8-13,17H2,1-2H3. The zero-order chi connectivity index (χ0) is 14.4. The van der Waals surface area contributed by atoms with Crippen LogP contribution in [0.5, 0.6) is 5.75 Å². The fourth-order valence-electron chi connectivity index (χ4n) is 2.49. The lowest BCUT2D eigenvalue weighted by Gasteiger charge is -2.32. The molecular weight excluding hydrogens is 250 g/mol. The molecule has 4 heteroatoms. The molecule has 1 saturated heterocycles. The Morgan fingerprint density at radius 3 is 2.60 bits per heavy atom. The minimum absolute atomic E-state index is 0.0647. The summed E-state index contributed by atoms with van der Waals surface area (Å²) in [5, 5.41) is 0. The highest BCUT2D eigenvalue weighted by Gasteiger charge is 2.14. The van der Waals surface area contributed by atoms with Gasteiger partial charge in [0.15, 0.2) is 0 Å². The largest absolute Gasteiger partial charge is 0.492 e. The van der Waals surface area contributed by atoms with Crippen LogP contribution in [0, 0.1) is 0 Å². The van der Waals surface area contributed by atoms with Crippen LogP contribution in [0.25, 0.3) is 0 Å². The van der Waals surface area contributed by atoms with Gasteiger partial charge in [-0.05, 0) is 19.5 Å². The Morgan fingerprint density at radius 2 is 1.90 bits per heavy atom. The van der Waals surface area contributed by atoms with Crippen molar-refractivity contribution < 1.29 is 4.74 Å². The highest BCUT2D eigenvalue weighted by molar-refractivity contribution is 5.35. The second-order valence-corrected chi connectivity index (χ2v) is 5.55. The second-order valence-electron chi connectivity index (χ2n) is 5.55. The summed E-state index contributed by atoms with van der Waals surface area (Å²) in [6.45, 7) is 8.40. The van der Waals surface area contributed by atoms with Gasteiger partial charge in [-0.1, -0.05) is 25.1 Å². The van der Waals surface area contributed by atoms with Crippen LogP contribution in [0.15, 0.2) is 24.3 Å². The van der Waals surface area contributed by atoms with E-state index in [1.165, 1.54) is 0 Å². The van der Waals surface area contributed by atoms with Gasteiger partial charge in [-0.25, -0.2) is 0 Å². The van der Waals surface area contributed by atoms with E-state index < -0.39 is 0 Å². The molecule has 1 aliphatic heterocycles. The topological polar surface area (TPSA) is 41.7 Å². The van der Waals surface area contributed by atoms with Crippen molar-refractivity contribution in [3.63, 3.8) is 0 Å². The summed E-state index contributed by atoms with van der Waals surface area (Å²) in [5.74, 6) is 0.941. The van der Waals surface area contributed by atoms with Gasteiger partial charge in [0.25, 0.3) is 0 Å². The van der Waals surface area contributed by atoms with Crippen LogP contribution in [0.3, 0.4) is 0 Å². The Kier molecular flexibility index (Phi) is 5.83. The molecule has 1 aromatic carbocycles. The molecule has 0 spiro atoms. The average Bonchev–Trinajstić information content (AvgIpc) is 2.49. The van der Waals surface area contributed by atoms with E-state index in [9.17, 15) is 0 Å². The molecule has 0 bridgehead atoms. The summed E-state index contributed by atoms with van der Waals surface area (Å²) in [5.41, 5.74) is 7.25. The van der Waals surface area contributed by atoms with Gasteiger partial charge in [0.2, 0.25) is 0 Å². The number of benzene rings is 1. The lowest BCUT2D eigenvalue weighted by atomic mass is 10.0. The first-order chi connectivity index (χ1) is 9.70. The molecule has 1 aromatic rings. The van der Waals surface area contributed by atoms with E-state index in [0.29, 0.717) is 0 Å². The van der Waals surface area contributed by atoms with E-state index in [4.69, 9.17) is 10.5 Å². The Morgan fingerprint density at radius 1 is 1.20 bits per heavy atom. The highest BCUT2D eigenvalue weighted by Crippen LogP contribution is 2.25. The van der Waals surface area contributed by atoms with E-state index in [-0.39, 0.29) is 6.04 Å². The Bertz CT molecular complexity index is 402. The van der Waals surface area contributed by atoms with Gasteiger partial charge in [0.05, 0.1) is 0 Å². The fourth-order valence-corrected chi connectivity index (χ4v) is 2.49. The van der Waals surface area contributed by atoms with Crippen molar-refractivity contribution in [1.82, 2.24) is 9.80 Å². The summed E-state index contributed by atoms with van der Waals surface area (Å²) in [4.78, 5) is 4.83. The van der Waals surface area contributed by atoms with E-state index in [1.807, 2.05) is 18.2 Å². The quantitative estimate of drug-likeness (QED) is 0.860. The molecule has 2 N–H and O–H groups in total. The van der Waals surface area contributed by atoms with Crippen molar-refractivity contribution in [3.05, 3.63) is 29.8 Å². The fraction of sp³-hybridized carbons (Fsp3) is 0.625. The number of hydrogen-bond donors (Lipinski definition) is 1. The summed E-state index contributed by atoms with van der Waals surface area (Å²) in [6, 6.07) is 8.19. The van der Waals surface area contributed by atoms with Gasteiger partial charge in [0.1, 0.15) is 12.4 Å². The number of piperazine rings is 1. The third kappa shape index (κ3) is 4.20. The number of rotatable bonds is 6. The minimum Gasteiger partial charge on any atom is -0.492 e. The molecule has 1 atom stereocenters. The normalized spacial score (nSPS) is 18.9. The van der Waals surface area contributed by atoms with E-state index in [2.05, 4.69) is 29.8 Å². The minimum atomic E-state index is 0.0647. The molecule has 1 heterocycles. The van der Waals surface area contributed by atoms with Crippen LogP contribution in [0.2, 0.25) is 0 Å². The van der Waals surface area contributed by atoms with Crippen molar-refractivity contribution in [2.24, 2.45) is 5.73 Å². The second kappa shape index (κ2) is 7.62. The van der Waals surface area contributed by atoms with E-state index >= 15 is 0 Å². The number of nitrogens with zero attached hydrogens (tertiary/aromatic N) is 2. The predicted molar refractivity (Wildman–Crippen MR) is 83.1 cm³/mol. The summed E-state index contributed by atoms with van der Waals surface area (Å²) < 4.78 is 5.95. The zero-order valence-corrected chi connectivity index (χ0v) is 12.7. The maximum atomic E-state index is 6.13. The first-order valence-corrected chi connectivity index (χ1v) is 7.59. The lowest BCUT2D eigenvalue weighted by Crippen LogP contribution is -2.45. The number of para-hydroxylation sites is 1. The molecule has 0 saturated carbocycles. The van der Waals surface area contributed by atoms with E-state index in [0.717, 1.165) is 57.1 Å². The number of likely N-dealkylation sites (N-methyl/N-ethyl adjacent to an activating group) is 1. The number of hydrogen-bond acceptors (Lipinski definition) is 4. The molecule has 0 aliphatic carbocycles. The van der Waals surface area contributed by atoms with Crippen LogP contribution in [-0.2, 0) is 0 Å². The van der Waals surface area contributed by atoms with Gasteiger partial charge in [-0.2, -0.15) is 0 Å². The molecule has 2 rings (SSSR count). The van der Waals surface area contributed by atoms with Crippen LogP contribution in [0.4, 0.5) is 0 Å². The van der Waals surface area contributed by atoms with Gasteiger partial charge in [-0.15, -0.1) is 0 Å². The SMILES string of the molecule is CCC(N)c1ccccc1OCCN1CCN(C)CC1. The first-order valence-electron chi connectivity index (χ1n) is 7.59. The van der Waals surface area contributed by atoms with Crippen molar-refractivity contribution in [2.75, 3.05) is 46.4 Å². The van der Waals surface area contributed by atoms with Crippen LogP contribution >= 0.6 is 0 Å². The average molecular weight is 277 g/mol. The molecule has 4 nitrogen and oxygen atoms in total. The third-order valence-corrected chi connectivity index (χ3v) is 4.02. The van der Waals surface area contributed by atoms with Gasteiger partial charge < -0.3 is 15.4 Å². The lowest BCUT2D eigenvalue weighted by molar-refractivity contribution is 0.133. The molecule has 112 valence electrons. The molecule has 1 fully saturated rings. The maximum Gasteiger partial charge on any atom is 0.124 e. The van der Waals surface area contributed by atoms with E-state index in [1.54, 1.807) is 0 Å². The first kappa shape index (κ1) is 15.3. The number of nitrogens with two attached hydrogens (primary N) is 1. The van der Waals surface area contributed by atoms with Crippen molar-refractivity contribution in [2.45, 2.75) is 19.4 Å². The Hall–Kier alpha value is -1.10. The monoisotopic (exact) mass is 277 g/mol. The van der Waals surface area contributed by atoms with Crippen LogP contribution in [-0.4, -0.2) is 56.2 Å². The molecule has 1 aliphatic rings. The molecule has 0 aromatic heterocycles. The summed E-state index contributed by atoms with van der Waals surface area (Å²) >= 11 is 0. The summed E-state index contributed by atoms with van der Waals surface area (Å²) in [7, 11) is 2.18. The van der Waals surface area contributed by atoms with Gasteiger partial charge in [-0.3, -0.25) is 4.90 Å². The highest BCUT2D eigenvalue weighted by atomic mass is 16.5. The van der Waals surface area contributed by atoms with Crippen molar-refractivity contribution in [3.8, 4) is 5.75 Å². The summed E-state index contributed by atoms with van der Waals surface area (Å²) in [6.07, 6.45) is 0.929. The zero-order valence-electron chi connectivity index (χ0n) is 12.7. The predicted octanol–water partition coefficient (Wildman–Crippen LogP) is 1.72. The number of ether oxygens (including phenoxy) is 1. The van der Waals surface area contributed by atoms with Crippen molar-refractivity contribution in [1.29, 1.82) is 0 Å². The maximum absolute atomic E-state index is 6.13. The van der Waals surface area contributed by atoms with Gasteiger partial charge >= 0.3 is 0 Å². The molecule has 20 heavy (non-hydrogen) atoms. The molecular formula is C16H27N3O. The van der Waals surface area contributed by atoms with Gasteiger partial charge in [0, 0.05) is 44.3 Å². The van der Waals surface area contributed by atoms with Crippen LogP contribution < -0.4 is 10.5 Å². The molecule has 1 unspecified atom stereocenters. The van der Waals surface area contributed by atoms with Crippen molar-refractivity contribution >= 4 is 0 Å². The van der Waals surface area contributed by atoms with Crippen LogP contribution in [0.1, 0.15) is 24.9 Å². The molecule has 0 radical (unpaired) electrons. The third-order valence-electron chi connectivity index (χ3n) is 4.02. The Labute approximate surface area is 122 Å². The smallest absolute Gasteiger partial charge is 0.124 e. The Balaban J connectivity index is 1.82.